The van der Waals surface area contributed by atoms with Gasteiger partial charge in [-0.2, -0.15) is 0 Å². The summed E-state index contributed by atoms with van der Waals surface area (Å²) in [5.74, 6) is 0.630. The van der Waals surface area contributed by atoms with Crippen LogP contribution in [0.1, 0.15) is 59.3 Å². The molecular formula is C19H32N2O. The van der Waals surface area contributed by atoms with Crippen molar-refractivity contribution in [2.24, 2.45) is 11.3 Å². The first kappa shape index (κ1) is 16.0. The summed E-state index contributed by atoms with van der Waals surface area (Å²) in [5.41, 5.74) is 0.318. The zero-order chi connectivity index (χ0) is 16.0. The maximum absolute atomic E-state index is 12.9. The van der Waals surface area contributed by atoms with Crippen molar-refractivity contribution in [3.8, 4) is 0 Å². The summed E-state index contributed by atoms with van der Waals surface area (Å²) in [6.45, 7) is 13.9. The molecule has 3 rings (SSSR count). The summed E-state index contributed by atoms with van der Waals surface area (Å²) in [4.78, 5) is 17.6. The van der Waals surface area contributed by atoms with Gasteiger partial charge in [-0.25, -0.2) is 0 Å². The highest BCUT2D eigenvalue weighted by Crippen LogP contribution is 2.55. The predicted octanol–water partition coefficient (Wildman–Crippen LogP) is 3.45. The number of likely N-dealkylation sites (tertiary alicyclic amines) is 1. The Balaban J connectivity index is 1.68. The Labute approximate surface area is 135 Å². The van der Waals surface area contributed by atoms with Crippen molar-refractivity contribution in [2.75, 3.05) is 19.6 Å². The average Bonchev–Trinajstić information content (AvgIpc) is 3.32. The molecule has 2 atom stereocenters. The lowest BCUT2D eigenvalue weighted by atomic mass is 9.57. The molecule has 2 unspecified atom stereocenters. The van der Waals surface area contributed by atoms with Crippen molar-refractivity contribution in [3.05, 3.63) is 12.7 Å². The van der Waals surface area contributed by atoms with Gasteiger partial charge in [-0.3, -0.25) is 9.69 Å². The normalized spacial score (nSPS) is 32.5. The van der Waals surface area contributed by atoms with E-state index in [4.69, 9.17) is 0 Å². The fourth-order valence-corrected chi connectivity index (χ4v) is 4.77. The molecule has 0 N–H and O–H groups in total. The fraction of sp³-hybridized carbons (Fsp3) is 0.842. The van der Waals surface area contributed by atoms with Crippen molar-refractivity contribution in [2.45, 2.75) is 70.9 Å². The van der Waals surface area contributed by atoms with E-state index in [1.165, 1.54) is 32.1 Å². The van der Waals surface area contributed by atoms with Crippen LogP contribution in [0.5, 0.6) is 0 Å². The summed E-state index contributed by atoms with van der Waals surface area (Å²) < 4.78 is 0. The highest BCUT2D eigenvalue weighted by atomic mass is 16.2. The standard InChI is InChI=1S/C19H32N2O/c1-5-19(10-11-19)21(6-2)16-14-15(18(16,3)4)17(22)20-12-8-7-9-13-20/h5,15-16H,1,6-14H2,2-4H3. The van der Waals surface area contributed by atoms with Gasteiger partial charge in [0.1, 0.15) is 0 Å². The first-order valence-corrected chi connectivity index (χ1v) is 9.15. The second kappa shape index (κ2) is 5.67. The van der Waals surface area contributed by atoms with Gasteiger partial charge in [0.15, 0.2) is 0 Å². The highest BCUT2D eigenvalue weighted by Gasteiger charge is 2.59. The molecule has 2 saturated carbocycles. The van der Waals surface area contributed by atoms with Crippen LogP contribution in [0.15, 0.2) is 12.7 Å². The first-order valence-electron chi connectivity index (χ1n) is 9.15. The Morgan fingerprint density at radius 1 is 1.27 bits per heavy atom. The van der Waals surface area contributed by atoms with Crippen LogP contribution in [-0.4, -0.2) is 46.9 Å². The maximum atomic E-state index is 12.9. The molecule has 3 heteroatoms. The number of hydrogen-bond acceptors (Lipinski definition) is 2. The van der Waals surface area contributed by atoms with Crippen LogP contribution in [0.25, 0.3) is 0 Å². The smallest absolute Gasteiger partial charge is 0.226 e. The van der Waals surface area contributed by atoms with Crippen LogP contribution in [-0.2, 0) is 4.79 Å². The van der Waals surface area contributed by atoms with Crippen molar-refractivity contribution in [1.82, 2.24) is 9.80 Å². The molecule has 0 aromatic rings. The fourth-order valence-electron chi connectivity index (χ4n) is 4.77. The zero-order valence-electron chi connectivity index (χ0n) is 14.6. The summed E-state index contributed by atoms with van der Waals surface area (Å²) in [6.07, 6.45) is 9.30. The van der Waals surface area contributed by atoms with Gasteiger partial charge >= 0.3 is 0 Å². The lowest BCUT2D eigenvalue weighted by Gasteiger charge is -2.58. The van der Waals surface area contributed by atoms with E-state index >= 15 is 0 Å². The molecule has 0 radical (unpaired) electrons. The quantitative estimate of drug-likeness (QED) is 0.726. The Hall–Kier alpha value is -0.830. The second-order valence-corrected chi connectivity index (χ2v) is 8.11. The molecule has 0 aromatic heterocycles. The lowest BCUT2D eigenvalue weighted by molar-refractivity contribution is -0.157. The topological polar surface area (TPSA) is 23.6 Å². The third-order valence-electron chi connectivity index (χ3n) is 6.61. The number of hydrogen-bond donors (Lipinski definition) is 0. The van der Waals surface area contributed by atoms with E-state index in [0.29, 0.717) is 11.9 Å². The maximum Gasteiger partial charge on any atom is 0.226 e. The van der Waals surface area contributed by atoms with Crippen LogP contribution >= 0.6 is 0 Å². The van der Waals surface area contributed by atoms with Gasteiger partial charge < -0.3 is 4.90 Å². The molecule has 0 bridgehead atoms. The van der Waals surface area contributed by atoms with Crippen molar-refractivity contribution in [3.63, 3.8) is 0 Å². The van der Waals surface area contributed by atoms with Crippen LogP contribution in [0, 0.1) is 11.3 Å². The molecule has 0 spiro atoms. The Kier molecular flexibility index (Phi) is 4.13. The van der Waals surface area contributed by atoms with Gasteiger partial charge in [0.25, 0.3) is 0 Å². The number of rotatable bonds is 5. The molecule has 2 aliphatic carbocycles. The van der Waals surface area contributed by atoms with Crippen molar-refractivity contribution >= 4 is 5.91 Å². The molecule has 1 aliphatic heterocycles. The molecule has 0 aromatic carbocycles. The Bertz CT molecular complexity index is 446. The predicted molar refractivity (Wildman–Crippen MR) is 90.6 cm³/mol. The van der Waals surface area contributed by atoms with E-state index in [1.807, 2.05) is 0 Å². The van der Waals surface area contributed by atoms with E-state index in [-0.39, 0.29) is 16.9 Å². The minimum Gasteiger partial charge on any atom is -0.342 e. The monoisotopic (exact) mass is 304 g/mol. The molecule has 124 valence electrons. The molecule has 1 saturated heterocycles. The number of amides is 1. The zero-order valence-corrected chi connectivity index (χ0v) is 14.6. The number of carbonyl (C=O) groups excluding carboxylic acids is 1. The third kappa shape index (κ3) is 2.42. The SMILES string of the molecule is C=CC1(N(CC)C2CC(C(=O)N3CCCCC3)C2(C)C)CC1. The van der Waals surface area contributed by atoms with Gasteiger partial charge in [-0.1, -0.05) is 26.8 Å². The number of likely N-dealkylation sites (N-methyl/N-ethyl adjacent to an activating group) is 1. The van der Waals surface area contributed by atoms with E-state index < -0.39 is 0 Å². The number of nitrogens with zero attached hydrogens (tertiary/aromatic N) is 2. The van der Waals surface area contributed by atoms with E-state index in [1.54, 1.807) is 0 Å². The van der Waals surface area contributed by atoms with Gasteiger partial charge in [0.2, 0.25) is 5.91 Å². The van der Waals surface area contributed by atoms with Gasteiger partial charge in [0.05, 0.1) is 0 Å². The number of piperidine rings is 1. The summed E-state index contributed by atoms with van der Waals surface area (Å²) in [7, 11) is 0. The van der Waals surface area contributed by atoms with E-state index in [2.05, 4.69) is 43.2 Å². The Morgan fingerprint density at radius 2 is 1.91 bits per heavy atom. The summed E-state index contributed by atoms with van der Waals surface area (Å²) >= 11 is 0. The minimum atomic E-state index is 0.0864. The molecule has 22 heavy (non-hydrogen) atoms. The Morgan fingerprint density at radius 3 is 2.36 bits per heavy atom. The molecule has 3 nitrogen and oxygen atoms in total. The van der Waals surface area contributed by atoms with Crippen molar-refractivity contribution in [1.29, 1.82) is 0 Å². The van der Waals surface area contributed by atoms with Gasteiger partial charge in [0, 0.05) is 30.6 Å². The van der Waals surface area contributed by atoms with E-state index in [0.717, 1.165) is 26.1 Å². The van der Waals surface area contributed by atoms with E-state index in [9.17, 15) is 4.79 Å². The largest absolute Gasteiger partial charge is 0.342 e. The molecule has 1 heterocycles. The molecule has 3 aliphatic rings. The van der Waals surface area contributed by atoms with Gasteiger partial charge in [-0.15, -0.1) is 6.58 Å². The summed E-state index contributed by atoms with van der Waals surface area (Å²) in [6, 6.07) is 0.525. The van der Waals surface area contributed by atoms with Crippen LogP contribution in [0.4, 0.5) is 0 Å². The third-order valence-corrected chi connectivity index (χ3v) is 6.61. The number of carbonyl (C=O) groups is 1. The van der Waals surface area contributed by atoms with Crippen LogP contribution in [0.2, 0.25) is 0 Å². The van der Waals surface area contributed by atoms with Crippen LogP contribution in [0.3, 0.4) is 0 Å². The van der Waals surface area contributed by atoms with Crippen molar-refractivity contribution < 1.29 is 4.79 Å². The molecule has 3 fully saturated rings. The first-order chi connectivity index (χ1) is 10.5. The second-order valence-electron chi connectivity index (χ2n) is 8.11. The highest BCUT2D eigenvalue weighted by molar-refractivity contribution is 5.81. The van der Waals surface area contributed by atoms with Gasteiger partial charge in [-0.05, 0) is 50.5 Å². The van der Waals surface area contributed by atoms with Crippen LogP contribution < -0.4 is 0 Å². The molecule has 1 amide bonds. The summed E-state index contributed by atoms with van der Waals surface area (Å²) in [5, 5.41) is 0. The average molecular weight is 304 g/mol. The lowest BCUT2D eigenvalue weighted by Crippen LogP contribution is -2.64. The molecular weight excluding hydrogens is 272 g/mol. The minimum absolute atomic E-state index is 0.0864.